The summed E-state index contributed by atoms with van der Waals surface area (Å²) in [6, 6.07) is 8.07. The molecule has 1 aromatic carbocycles. The van der Waals surface area contributed by atoms with Gasteiger partial charge in [-0.3, -0.25) is 9.69 Å². The Morgan fingerprint density at radius 1 is 1.26 bits per heavy atom. The first kappa shape index (κ1) is 18.0. The Morgan fingerprint density at radius 3 is 2.35 bits per heavy atom. The zero-order valence-corrected chi connectivity index (χ0v) is 14.6. The molecule has 0 aromatic heterocycles. The molecule has 0 saturated carbocycles. The predicted octanol–water partition coefficient (Wildman–Crippen LogP) is 3.23. The summed E-state index contributed by atoms with van der Waals surface area (Å²) in [5.41, 5.74) is 2.20. The van der Waals surface area contributed by atoms with E-state index in [-0.39, 0.29) is 17.9 Å². The second-order valence-electron chi connectivity index (χ2n) is 7.11. The molecule has 1 aromatic rings. The van der Waals surface area contributed by atoms with Crippen LogP contribution in [0.4, 0.5) is 5.69 Å². The molecule has 4 nitrogen and oxygen atoms in total. The molecule has 1 amide bonds. The molecule has 0 radical (unpaired) electrons. The van der Waals surface area contributed by atoms with Crippen molar-refractivity contribution in [1.82, 2.24) is 4.90 Å². The van der Waals surface area contributed by atoms with Crippen LogP contribution in [-0.2, 0) is 4.79 Å². The van der Waals surface area contributed by atoms with Crippen molar-refractivity contribution < 1.29 is 9.90 Å². The van der Waals surface area contributed by atoms with Gasteiger partial charge in [0.1, 0.15) is 0 Å². The van der Waals surface area contributed by atoms with E-state index in [1.54, 1.807) is 0 Å². The van der Waals surface area contributed by atoms with Crippen molar-refractivity contribution >= 4 is 11.6 Å². The normalized spacial score (nSPS) is 18.1. The van der Waals surface area contributed by atoms with Gasteiger partial charge in [-0.25, -0.2) is 0 Å². The van der Waals surface area contributed by atoms with Crippen molar-refractivity contribution in [2.75, 3.05) is 31.6 Å². The van der Waals surface area contributed by atoms with Crippen molar-refractivity contribution in [1.29, 1.82) is 0 Å². The Labute approximate surface area is 139 Å². The zero-order chi connectivity index (χ0) is 16.9. The second-order valence-corrected chi connectivity index (χ2v) is 7.11. The van der Waals surface area contributed by atoms with Gasteiger partial charge in [0.05, 0.1) is 6.54 Å². The van der Waals surface area contributed by atoms with Crippen molar-refractivity contribution in [3.63, 3.8) is 0 Å². The first-order chi connectivity index (χ1) is 11.0. The van der Waals surface area contributed by atoms with E-state index in [0.29, 0.717) is 12.5 Å². The van der Waals surface area contributed by atoms with Gasteiger partial charge < -0.3 is 10.4 Å². The summed E-state index contributed by atoms with van der Waals surface area (Å²) in [5.74, 6) is 0.536. The van der Waals surface area contributed by atoms with E-state index in [9.17, 15) is 9.90 Å². The summed E-state index contributed by atoms with van der Waals surface area (Å²) < 4.78 is 0. The van der Waals surface area contributed by atoms with Gasteiger partial charge in [0.2, 0.25) is 5.91 Å². The van der Waals surface area contributed by atoms with Crippen molar-refractivity contribution in [2.24, 2.45) is 5.41 Å². The summed E-state index contributed by atoms with van der Waals surface area (Å²) in [5, 5.41) is 12.5. The molecule has 128 valence electrons. The molecule has 1 fully saturated rings. The van der Waals surface area contributed by atoms with E-state index >= 15 is 0 Å². The first-order valence-corrected chi connectivity index (χ1v) is 8.71. The Balaban J connectivity index is 1.81. The molecule has 1 aliphatic rings. The van der Waals surface area contributed by atoms with E-state index in [1.807, 2.05) is 12.1 Å². The monoisotopic (exact) mass is 318 g/mol. The fraction of sp³-hybridized carbons (Fsp3) is 0.632. The Kier molecular flexibility index (Phi) is 6.19. The second kappa shape index (κ2) is 7.93. The maximum Gasteiger partial charge on any atom is 0.238 e. The SMILES string of the molecule is CCC1(CO)CCN(CC(=O)Nc2ccc(C(C)C)cc2)CC1. The van der Waals surface area contributed by atoms with E-state index < -0.39 is 0 Å². The average molecular weight is 318 g/mol. The number of hydrogen-bond donors (Lipinski definition) is 2. The van der Waals surface area contributed by atoms with Gasteiger partial charge >= 0.3 is 0 Å². The third kappa shape index (κ3) is 4.79. The molecule has 2 rings (SSSR count). The molecule has 1 aliphatic heterocycles. The van der Waals surface area contributed by atoms with Crippen LogP contribution in [0.2, 0.25) is 0 Å². The summed E-state index contributed by atoms with van der Waals surface area (Å²) in [6.07, 6.45) is 2.94. The molecule has 0 aliphatic carbocycles. The highest BCUT2D eigenvalue weighted by atomic mass is 16.3. The summed E-state index contributed by atoms with van der Waals surface area (Å²) in [6.45, 7) is 8.91. The quantitative estimate of drug-likeness (QED) is 0.846. The first-order valence-electron chi connectivity index (χ1n) is 8.71. The topological polar surface area (TPSA) is 52.6 Å². The molecule has 0 bridgehead atoms. The number of nitrogens with zero attached hydrogens (tertiary/aromatic N) is 1. The van der Waals surface area contributed by atoms with Gasteiger partial charge in [0.15, 0.2) is 0 Å². The molecule has 1 heterocycles. The smallest absolute Gasteiger partial charge is 0.238 e. The number of nitrogens with one attached hydrogen (secondary N) is 1. The van der Waals surface area contributed by atoms with Crippen LogP contribution >= 0.6 is 0 Å². The van der Waals surface area contributed by atoms with Gasteiger partial charge in [-0.2, -0.15) is 0 Å². The van der Waals surface area contributed by atoms with Crippen LogP contribution in [0, 0.1) is 5.41 Å². The highest BCUT2D eigenvalue weighted by Crippen LogP contribution is 2.34. The Hall–Kier alpha value is -1.39. The van der Waals surface area contributed by atoms with Crippen LogP contribution in [0.25, 0.3) is 0 Å². The van der Waals surface area contributed by atoms with Gasteiger partial charge in [0.25, 0.3) is 0 Å². The number of benzene rings is 1. The van der Waals surface area contributed by atoms with Gasteiger partial charge in [-0.15, -0.1) is 0 Å². The summed E-state index contributed by atoms with van der Waals surface area (Å²) >= 11 is 0. The Bertz CT molecular complexity index is 497. The maximum atomic E-state index is 12.2. The third-order valence-electron chi connectivity index (χ3n) is 5.23. The number of hydrogen-bond acceptors (Lipinski definition) is 3. The average Bonchev–Trinajstić information content (AvgIpc) is 2.56. The lowest BCUT2D eigenvalue weighted by Gasteiger charge is -2.39. The maximum absolute atomic E-state index is 12.2. The molecule has 0 atom stereocenters. The standard InChI is InChI=1S/C19H30N2O2/c1-4-19(14-22)9-11-21(12-10-19)13-18(23)20-17-7-5-16(6-8-17)15(2)3/h5-8,15,22H,4,9-14H2,1-3H3,(H,20,23). The number of amides is 1. The van der Waals surface area contributed by atoms with Gasteiger partial charge in [-0.05, 0) is 61.4 Å². The lowest BCUT2D eigenvalue weighted by atomic mass is 9.77. The fourth-order valence-electron chi connectivity index (χ4n) is 3.16. The van der Waals surface area contributed by atoms with Crippen LogP contribution < -0.4 is 5.32 Å². The molecule has 0 spiro atoms. The third-order valence-corrected chi connectivity index (χ3v) is 5.23. The molecular formula is C19H30N2O2. The minimum atomic E-state index is 0.0373. The van der Waals surface area contributed by atoms with Crippen molar-refractivity contribution in [3.8, 4) is 0 Å². The number of rotatable bonds is 6. The number of anilines is 1. The fourth-order valence-corrected chi connectivity index (χ4v) is 3.16. The van der Waals surface area contributed by atoms with Crippen LogP contribution in [0.15, 0.2) is 24.3 Å². The van der Waals surface area contributed by atoms with Crippen molar-refractivity contribution in [2.45, 2.75) is 46.0 Å². The van der Waals surface area contributed by atoms with Crippen LogP contribution in [0.1, 0.15) is 51.5 Å². The predicted molar refractivity (Wildman–Crippen MR) is 94.6 cm³/mol. The van der Waals surface area contributed by atoms with Crippen molar-refractivity contribution in [3.05, 3.63) is 29.8 Å². The largest absolute Gasteiger partial charge is 0.396 e. The van der Waals surface area contributed by atoms with Gasteiger partial charge in [-0.1, -0.05) is 32.9 Å². The number of carbonyl (C=O) groups excluding carboxylic acids is 1. The summed E-state index contributed by atoms with van der Waals surface area (Å²) in [4.78, 5) is 14.4. The minimum Gasteiger partial charge on any atom is -0.396 e. The number of carbonyl (C=O) groups is 1. The van der Waals surface area contributed by atoms with E-state index in [1.165, 1.54) is 5.56 Å². The number of aliphatic hydroxyl groups excluding tert-OH is 1. The molecule has 0 unspecified atom stereocenters. The highest BCUT2D eigenvalue weighted by molar-refractivity contribution is 5.92. The lowest BCUT2D eigenvalue weighted by Crippen LogP contribution is -2.44. The number of likely N-dealkylation sites (tertiary alicyclic amines) is 1. The van der Waals surface area contributed by atoms with E-state index in [2.05, 4.69) is 43.1 Å². The zero-order valence-electron chi connectivity index (χ0n) is 14.6. The number of piperidine rings is 1. The van der Waals surface area contributed by atoms with E-state index in [0.717, 1.165) is 38.0 Å². The molecule has 2 N–H and O–H groups in total. The van der Waals surface area contributed by atoms with Gasteiger partial charge in [0, 0.05) is 12.3 Å². The molecule has 4 heteroatoms. The van der Waals surface area contributed by atoms with Crippen LogP contribution in [0.3, 0.4) is 0 Å². The van der Waals surface area contributed by atoms with Crippen LogP contribution in [0.5, 0.6) is 0 Å². The summed E-state index contributed by atoms with van der Waals surface area (Å²) in [7, 11) is 0. The minimum absolute atomic E-state index is 0.0373. The van der Waals surface area contributed by atoms with Crippen LogP contribution in [-0.4, -0.2) is 42.2 Å². The lowest BCUT2D eigenvalue weighted by molar-refractivity contribution is -0.118. The molecule has 1 saturated heterocycles. The van der Waals surface area contributed by atoms with E-state index in [4.69, 9.17) is 0 Å². The highest BCUT2D eigenvalue weighted by Gasteiger charge is 2.32. The Morgan fingerprint density at radius 2 is 1.87 bits per heavy atom. The number of aliphatic hydroxyl groups is 1. The molecule has 23 heavy (non-hydrogen) atoms. The molecular weight excluding hydrogens is 288 g/mol.